The van der Waals surface area contributed by atoms with Crippen molar-refractivity contribution in [3.05, 3.63) is 0 Å². The number of rotatable bonds is 8. The average Bonchev–Trinajstić information content (AvgIpc) is 2.29. The molecule has 0 fully saturated rings. The molecule has 0 aliphatic rings. The van der Waals surface area contributed by atoms with Crippen LogP contribution in [0, 0.1) is 0 Å². The van der Waals surface area contributed by atoms with Crippen molar-refractivity contribution in [3.63, 3.8) is 0 Å². The zero-order valence-corrected chi connectivity index (χ0v) is 14.5. The van der Waals surface area contributed by atoms with Crippen molar-refractivity contribution in [2.24, 2.45) is 0 Å². The van der Waals surface area contributed by atoms with Crippen LogP contribution in [-0.2, 0) is 19.2 Å². The van der Waals surface area contributed by atoms with E-state index in [1.165, 1.54) is 0 Å². The third-order valence-corrected chi connectivity index (χ3v) is 1.78. The molecule has 0 aliphatic carbocycles. The van der Waals surface area contributed by atoms with Crippen LogP contribution in [0.1, 0.15) is 65.7 Å². The van der Waals surface area contributed by atoms with Gasteiger partial charge in [0.1, 0.15) is 5.78 Å². The molecular formula is C14H23AlO7. The zero-order chi connectivity index (χ0) is 17.3. The second-order valence-electron chi connectivity index (χ2n) is 4.08. The Bertz CT molecular complexity index is 300. The van der Waals surface area contributed by atoms with Gasteiger partial charge in [0, 0.05) is 30.7 Å². The Labute approximate surface area is 141 Å². The van der Waals surface area contributed by atoms with Gasteiger partial charge in [0.2, 0.25) is 0 Å². The molecule has 0 atom stereocenters. The molecule has 0 N–H and O–H groups in total. The summed E-state index contributed by atoms with van der Waals surface area (Å²) in [7, 11) is 0. The Hall–Kier alpha value is -1.39. The van der Waals surface area contributed by atoms with E-state index in [1.54, 1.807) is 13.8 Å². The average molecular weight is 330 g/mol. The van der Waals surface area contributed by atoms with Crippen LogP contribution in [0.5, 0.6) is 0 Å². The van der Waals surface area contributed by atoms with E-state index in [1.807, 2.05) is 6.92 Å². The van der Waals surface area contributed by atoms with Gasteiger partial charge >= 0.3 is 17.4 Å². The number of aliphatic carboxylic acids is 3. The van der Waals surface area contributed by atoms with Gasteiger partial charge in [-0.15, -0.1) is 0 Å². The fourth-order valence-corrected chi connectivity index (χ4v) is 0.936. The number of carbonyl (C=O) groups excluding carboxylic acids is 4. The van der Waals surface area contributed by atoms with Crippen LogP contribution >= 0.6 is 0 Å². The van der Waals surface area contributed by atoms with E-state index in [4.69, 9.17) is 0 Å². The van der Waals surface area contributed by atoms with Crippen molar-refractivity contribution in [3.8, 4) is 0 Å². The normalized spacial score (nSPS) is 8.14. The number of hydrogen-bond acceptors (Lipinski definition) is 7. The third-order valence-electron chi connectivity index (χ3n) is 1.78. The molecule has 0 spiro atoms. The van der Waals surface area contributed by atoms with Crippen LogP contribution in [0.2, 0.25) is 0 Å². The summed E-state index contributed by atoms with van der Waals surface area (Å²) in [6.45, 7) is 5.43. The molecule has 0 aromatic heterocycles. The topological polar surface area (TPSA) is 137 Å². The van der Waals surface area contributed by atoms with Gasteiger partial charge in [-0.1, -0.05) is 33.6 Å². The van der Waals surface area contributed by atoms with E-state index in [0.29, 0.717) is 25.7 Å². The first-order valence-electron chi connectivity index (χ1n) is 6.82. The SMILES string of the molecule is CCCC(=O)CC(=O)[O-].CCCC(=O)[O-].CCCC(=O)[O-].[Al+3]. The minimum Gasteiger partial charge on any atom is -0.550 e. The van der Waals surface area contributed by atoms with Crippen LogP contribution < -0.4 is 15.3 Å². The molecule has 0 rings (SSSR count). The molecule has 0 radical (unpaired) electrons. The first kappa shape index (κ1) is 28.7. The largest absolute Gasteiger partial charge is 3.00 e. The monoisotopic (exact) mass is 330 g/mol. The molecule has 0 aromatic rings. The summed E-state index contributed by atoms with van der Waals surface area (Å²) in [5.41, 5.74) is 0. The first-order chi connectivity index (χ1) is 9.70. The molecular weight excluding hydrogens is 307 g/mol. The standard InChI is InChI=1S/C6H10O3.2C4H8O2.Al/c1-2-3-5(7)4-6(8)9;2*1-2-3-4(5)6;/h2-4H2,1H3,(H,8,9);2*2-3H2,1H3,(H,5,6);/q;;;+3/p-3. The smallest absolute Gasteiger partial charge is 0.550 e. The van der Waals surface area contributed by atoms with Gasteiger partial charge in [0.15, 0.2) is 0 Å². The number of carbonyl (C=O) groups is 4. The van der Waals surface area contributed by atoms with Gasteiger partial charge in [-0.2, -0.15) is 0 Å². The quantitative estimate of drug-likeness (QED) is 0.377. The van der Waals surface area contributed by atoms with E-state index >= 15 is 0 Å². The molecule has 22 heavy (non-hydrogen) atoms. The predicted octanol–water partition coefficient (Wildman–Crippen LogP) is -1.81. The summed E-state index contributed by atoms with van der Waals surface area (Å²) in [5.74, 6) is -3.46. The summed E-state index contributed by atoms with van der Waals surface area (Å²) < 4.78 is 0. The van der Waals surface area contributed by atoms with E-state index in [0.717, 1.165) is 0 Å². The Morgan fingerprint density at radius 3 is 1.09 bits per heavy atom. The first-order valence-corrected chi connectivity index (χ1v) is 6.82. The summed E-state index contributed by atoms with van der Waals surface area (Å²) in [6.07, 6.45) is 2.30. The fraction of sp³-hybridized carbons (Fsp3) is 0.714. The summed E-state index contributed by atoms with van der Waals surface area (Å²) >= 11 is 0. The Kier molecular flexibility index (Phi) is 28.6. The molecule has 0 aromatic carbocycles. The maximum absolute atomic E-state index is 10.4. The van der Waals surface area contributed by atoms with Crippen molar-refractivity contribution in [1.29, 1.82) is 0 Å². The molecule has 124 valence electrons. The van der Waals surface area contributed by atoms with E-state index in [-0.39, 0.29) is 36.0 Å². The van der Waals surface area contributed by atoms with Crippen molar-refractivity contribution in [2.75, 3.05) is 0 Å². The molecule has 0 heterocycles. The summed E-state index contributed by atoms with van der Waals surface area (Å²) in [6, 6.07) is 0. The predicted molar refractivity (Wildman–Crippen MR) is 75.1 cm³/mol. The van der Waals surface area contributed by atoms with E-state index in [2.05, 4.69) is 0 Å². The molecule has 0 amide bonds. The maximum Gasteiger partial charge on any atom is 3.00 e. The molecule has 0 bridgehead atoms. The fourth-order valence-electron chi connectivity index (χ4n) is 0.936. The van der Waals surface area contributed by atoms with E-state index < -0.39 is 24.3 Å². The van der Waals surface area contributed by atoms with Crippen molar-refractivity contribution in [2.45, 2.75) is 65.7 Å². The summed E-state index contributed by atoms with van der Waals surface area (Å²) in [4.78, 5) is 39.2. The van der Waals surface area contributed by atoms with E-state index in [9.17, 15) is 34.5 Å². The van der Waals surface area contributed by atoms with Gasteiger partial charge in [-0.25, -0.2) is 0 Å². The minimum atomic E-state index is -1.28. The van der Waals surface area contributed by atoms with Gasteiger partial charge in [0.05, 0.1) is 0 Å². The second-order valence-corrected chi connectivity index (χ2v) is 4.08. The van der Waals surface area contributed by atoms with Crippen LogP contribution in [0.15, 0.2) is 0 Å². The van der Waals surface area contributed by atoms with Crippen molar-refractivity contribution >= 4 is 41.1 Å². The van der Waals surface area contributed by atoms with Crippen LogP contribution in [0.4, 0.5) is 0 Å². The van der Waals surface area contributed by atoms with Crippen LogP contribution in [0.3, 0.4) is 0 Å². The molecule has 0 aliphatic heterocycles. The zero-order valence-electron chi connectivity index (χ0n) is 13.4. The van der Waals surface area contributed by atoms with Crippen LogP contribution in [0.25, 0.3) is 0 Å². The Morgan fingerprint density at radius 2 is 0.955 bits per heavy atom. The maximum atomic E-state index is 10.4. The van der Waals surface area contributed by atoms with Crippen LogP contribution in [-0.4, -0.2) is 41.1 Å². The molecule has 0 saturated heterocycles. The number of hydrogen-bond donors (Lipinski definition) is 0. The van der Waals surface area contributed by atoms with Crippen molar-refractivity contribution < 1.29 is 34.5 Å². The Balaban J connectivity index is -0.000000112. The number of Topliss-reactive ketones (excluding diaryl/α,β-unsaturated/α-hetero) is 1. The summed E-state index contributed by atoms with van der Waals surface area (Å²) in [5, 5.41) is 28.7. The van der Waals surface area contributed by atoms with Gasteiger partial charge in [-0.3, -0.25) is 4.79 Å². The number of ketones is 1. The van der Waals surface area contributed by atoms with Gasteiger partial charge in [-0.05, 0) is 19.3 Å². The Morgan fingerprint density at radius 1 is 0.636 bits per heavy atom. The number of carboxylic acid groups (broad SMARTS) is 3. The van der Waals surface area contributed by atoms with Crippen molar-refractivity contribution in [1.82, 2.24) is 0 Å². The second kappa shape index (κ2) is 21.9. The molecule has 0 unspecified atom stereocenters. The minimum absolute atomic E-state index is 0. The molecule has 0 saturated carbocycles. The third kappa shape index (κ3) is 42.8. The molecule has 7 nitrogen and oxygen atoms in total. The van der Waals surface area contributed by atoms with Gasteiger partial charge < -0.3 is 29.7 Å². The number of carboxylic acids is 3. The molecule has 8 heteroatoms. The van der Waals surface area contributed by atoms with Gasteiger partial charge in [0.25, 0.3) is 0 Å².